The van der Waals surface area contributed by atoms with Gasteiger partial charge < -0.3 is 24.6 Å². The average molecular weight is 1940 g/mol. The Morgan fingerprint density at radius 1 is 0.407 bits per heavy atom. The van der Waals surface area contributed by atoms with Crippen LogP contribution in [0.4, 0.5) is 11.4 Å². The maximum Gasteiger partial charge on any atom is 0.334 e. The number of fused-ring (bicyclic) bond motifs is 8. The Morgan fingerprint density at radius 3 is 0.971 bits per heavy atom. The molecule has 14 rings (SSSR count). The SMILES string of the molecule is C#CC#CC#CC#CC#CC#CC#CC#CC#CC#CC#CC#CC#CC#CC#CC.C#CC#CC#CC#CC#CC#CC#CC#CC#CC#CC#CC#CC#CC#CC#CC#CC.CC#N.O=C(CBr)c1nccs1.O=C(C[N+]12CCC(CC1)[C@@H](OC(=O)C(Nc1ccccc1)c1cc3ccccc3s1)C2)c1nccs1.O=C(O[C@H]1CN2CCC1CC2)C(Nc1ccccc1)c1cc2ccccc2s1. The number of nitrogens with one attached hydrogen (secondary N) is 2. The summed E-state index contributed by atoms with van der Waals surface area (Å²) in [6.07, 6.45) is 17.2. The molecule has 4 aromatic carbocycles. The molecule has 18 heteroatoms. The second-order valence-electron chi connectivity index (χ2n) is 27.0. The predicted octanol–water partition coefficient (Wildman–Crippen LogP) is 13.9. The van der Waals surface area contributed by atoms with E-state index in [4.69, 9.17) is 27.6 Å². The molecule has 8 aromatic rings. The number of anilines is 2. The molecule has 2 N–H and O–H groups in total. The number of hydrogen-bond acceptors (Lipinski definition) is 16. The van der Waals surface area contributed by atoms with Crippen molar-refractivity contribution in [1.82, 2.24) is 14.9 Å². The number of thiazole rings is 2. The van der Waals surface area contributed by atoms with Crippen molar-refractivity contribution < 1.29 is 33.1 Å². The van der Waals surface area contributed by atoms with Gasteiger partial charge in [-0.3, -0.25) is 14.5 Å². The molecular formula is C122H67BrN7O6S4+. The maximum atomic E-state index is 13.7. The number of nitriles is 1. The Kier molecular flexibility index (Phi) is 52.3. The minimum Gasteiger partial charge on any atom is -0.459 e. The van der Waals surface area contributed by atoms with Gasteiger partial charge in [-0.2, -0.15) is 5.26 Å². The summed E-state index contributed by atoms with van der Waals surface area (Å²) in [5, 5.41) is 21.6. The van der Waals surface area contributed by atoms with E-state index in [0.29, 0.717) is 44.8 Å². The van der Waals surface area contributed by atoms with Crippen LogP contribution in [-0.2, 0) is 19.1 Å². The fourth-order valence-electron chi connectivity index (χ4n) is 12.2. The monoisotopic (exact) mass is 1930 g/mol. The quantitative estimate of drug-likeness (QED) is 0.0329. The fraction of sp³-hybridized carbons (Fsp3) is 0.172. The number of para-hydroxylation sites is 2. The van der Waals surface area contributed by atoms with Crippen LogP contribution in [0.15, 0.2) is 144 Å². The molecule has 4 bridgehead atoms. The number of aromatic nitrogens is 2. The van der Waals surface area contributed by atoms with Gasteiger partial charge in [-0.15, -0.1) is 58.2 Å². The number of carbonyl (C=O) groups is 4. The number of benzene rings is 4. The van der Waals surface area contributed by atoms with E-state index in [1.807, 2.05) is 90.3 Å². The van der Waals surface area contributed by atoms with Gasteiger partial charge in [0.2, 0.25) is 11.6 Å². The van der Waals surface area contributed by atoms with E-state index in [2.05, 4.69) is 433 Å². The lowest BCUT2D eigenvalue weighted by atomic mass is 9.83. The van der Waals surface area contributed by atoms with Crippen molar-refractivity contribution >= 4 is 116 Å². The second-order valence-corrected chi connectivity index (χ2v) is 31.6. The summed E-state index contributed by atoms with van der Waals surface area (Å²) in [6, 6.07) is 41.0. The molecule has 140 heavy (non-hydrogen) atoms. The van der Waals surface area contributed by atoms with Crippen molar-refractivity contribution in [3.8, 4) is 374 Å². The number of Topliss-reactive ketones (excluding diaryl/α,β-unsaturated/α-hetero) is 2. The van der Waals surface area contributed by atoms with Gasteiger partial charge in [0.25, 0.3) is 0 Å². The molecule has 4 aromatic heterocycles. The summed E-state index contributed by atoms with van der Waals surface area (Å²) < 4.78 is 15.4. The normalized spacial score (nSPS) is 13.5. The molecule has 6 saturated heterocycles. The van der Waals surface area contributed by atoms with Crippen LogP contribution in [0, 0.1) is 391 Å². The highest BCUT2D eigenvalue weighted by atomic mass is 79.9. The van der Waals surface area contributed by atoms with Crippen molar-refractivity contribution in [1.29, 1.82) is 5.26 Å². The predicted molar refractivity (Wildman–Crippen MR) is 563 cm³/mol. The lowest BCUT2D eigenvalue weighted by Crippen LogP contribution is -2.65. The first-order valence-electron chi connectivity index (χ1n) is 41.5. The van der Waals surface area contributed by atoms with Gasteiger partial charge in [0, 0.05) is 240 Å². The van der Waals surface area contributed by atoms with Crippen LogP contribution in [0.25, 0.3) is 20.2 Å². The highest BCUT2D eigenvalue weighted by Crippen LogP contribution is 2.40. The topological polar surface area (TPSA) is 164 Å². The number of nitrogens with zero attached hydrogens (tertiary/aromatic N) is 5. The first kappa shape index (κ1) is 107. The van der Waals surface area contributed by atoms with Crippen LogP contribution in [0.2, 0.25) is 0 Å². The van der Waals surface area contributed by atoms with Gasteiger partial charge in [-0.1, -0.05) is 101 Å². The van der Waals surface area contributed by atoms with E-state index < -0.39 is 12.1 Å². The third-order valence-corrected chi connectivity index (χ3v) is 22.5. The van der Waals surface area contributed by atoms with Crippen LogP contribution >= 0.6 is 61.3 Å². The molecule has 0 spiro atoms. The first-order chi connectivity index (χ1) is 68.9. The Bertz CT molecular complexity index is 8110. The van der Waals surface area contributed by atoms with Crippen LogP contribution < -0.4 is 10.6 Å². The zero-order valence-corrected chi connectivity index (χ0v) is 80.0. The van der Waals surface area contributed by atoms with Gasteiger partial charge in [0.05, 0.1) is 24.5 Å². The number of terminal acetylenes is 2. The Morgan fingerprint density at radius 2 is 0.693 bits per heavy atom. The van der Waals surface area contributed by atoms with Crippen molar-refractivity contribution in [2.45, 2.75) is 70.7 Å². The number of hydrogen-bond donors (Lipinski definition) is 2. The van der Waals surface area contributed by atoms with E-state index in [-0.39, 0.29) is 35.7 Å². The highest BCUT2D eigenvalue weighted by Gasteiger charge is 2.49. The third kappa shape index (κ3) is 43.9. The molecule has 4 atom stereocenters. The summed E-state index contributed by atoms with van der Waals surface area (Å²) in [5.41, 5.74) is 1.80. The second kappa shape index (κ2) is 68.2. The molecule has 10 heterocycles. The molecule has 0 saturated carbocycles. The molecule has 0 radical (unpaired) electrons. The number of thiophene rings is 2. The van der Waals surface area contributed by atoms with Gasteiger partial charge in [-0.05, 0) is 294 Å². The lowest BCUT2D eigenvalue weighted by molar-refractivity contribution is -0.938. The van der Waals surface area contributed by atoms with E-state index in [1.54, 1.807) is 60.4 Å². The number of alkyl halides is 1. The van der Waals surface area contributed by atoms with E-state index in [9.17, 15) is 19.2 Å². The number of ether oxygens (including phenoxy) is 2. The Labute approximate surface area is 845 Å². The minimum atomic E-state index is -0.592. The molecule has 2 unspecified atom stereocenters. The van der Waals surface area contributed by atoms with Crippen LogP contribution in [0.1, 0.15) is 87.9 Å². The zero-order chi connectivity index (χ0) is 99.3. The molecule has 6 aliphatic rings. The van der Waals surface area contributed by atoms with E-state index in [1.165, 1.54) is 34.3 Å². The van der Waals surface area contributed by atoms with Crippen LogP contribution in [0.3, 0.4) is 0 Å². The smallest absolute Gasteiger partial charge is 0.334 e. The Hall–Kier alpha value is -19.8. The first-order valence-corrected chi connectivity index (χ1v) is 46.0. The summed E-state index contributed by atoms with van der Waals surface area (Å²) >= 11 is 9.09. The number of carbonyl (C=O) groups excluding carboxylic acids is 4. The number of halogens is 1. The number of piperidine rings is 6. The summed E-state index contributed by atoms with van der Waals surface area (Å²) in [6.45, 7) is 11.0. The van der Waals surface area contributed by atoms with Crippen LogP contribution in [-0.4, -0.2) is 106 Å². The van der Waals surface area contributed by atoms with Crippen molar-refractivity contribution in [3.63, 3.8) is 0 Å². The largest absolute Gasteiger partial charge is 0.459 e. The number of quaternary nitrogens is 1. The maximum absolute atomic E-state index is 13.7. The lowest BCUT2D eigenvalue weighted by Gasteiger charge is -2.51. The van der Waals surface area contributed by atoms with Gasteiger partial charge >= 0.3 is 11.9 Å². The zero-order valence-electron chi connectivity index (χ0n) is 75.2. The molecule has 13 nitrogen and oxygen atoms in total. The summed E-state index contributed by atoms with van der Waals surface area (Å²) in [5.74, 6) is 149. The Balaban J connectivity index is 0.000000244. The molecule has 656 valence electrons. The van der Waals surface area contributed by atoms with Gasteiger partial charge in [0.1, 0.15) is 19.2 Å². The standard InChI is InChI=1S/C33H4.C31H4.C28H28N3O3S2.C23H24N2O2S.C5H4BrNOS.C2H3N/c1-3-5-7-9-11-13-15-17-19-21-23-25-27-29-31-33-32-30-28-26-24-22-20-18-16-14-12-10-8-6-4-2;1-3-5-7-9-11-13-15-17-19-21-23-25-27-29-31-30-28-26-24-22-20-18-16-14-12-10-8-6-4-2;32-22(27-29-12-15-35-27)17-31-13-10-19(11-14-31)23(18-31)34-28(33)26(30-21-7-2-1-3-8-21)25-16-20-6-4-5-9-24(20)36-25;26-23(27-19-15-25-12-10-16(19)11-13-25)22(24-18-7-2-1-3-8-18)21-14-17-6-4-5-9-20(17)28-21;6-3-4(8)5-7-1-2-9-5;1-2-3/h1H,2H3;1H,2H3;1-9,12,15-16,19,23,26,30H,10-11,13-14,17-18H2;1-9,14,16,19,22,24H,10-13,15H2;1-2H,3H2;1H3/q;;+1;;;/t;;19?,23-,26?,31?;19-,22?;;/m..00../s1. The highest BCUT2D eigenvalue weighted by molar-refractivity contribution is 9.09. The van der Waals surface area contributed by atoms with Crippen molar-refractivity contribution in [2.24, 2.45) is 11.8 Å². The molecule has 0 amide bonds. The third-order valence-electron chi connectivity index (χ3n) is 18.0. The molecule has 6 aliphatic heterocycles. The van der Waals surface area contributed by atoms with E-state index in [0.717, 1.165) is 95.0 Å². The molecular weight excluding hydrogens is 1870 g/mol. The average Bonchev–Trinajstić information content (AvgIpc) is 1.24. The summed E-state index contributed by atoms with van der Waals surface area (Å²) in [7, 11) is 0. The number of esters is 2. The van der Waals surface area contributed by atoms with Crippen molar-refractivity contribution in [2.75, 3.05) is 61.8 Å². The molecule has 0 aliphatic carbocycles. The minimum absolute atomic E-state index is 0.0180. The fourth-order valence-corrected chi connectivity index (χ4v) is 16.0. The van der Waals surface area contributed by atoms with Crippen LogP contribution in [0.5, 0.6) is 0 Å². The van der Waals surface area contributed by atoms with E-state index >= 15 is 0 Å². The number of ketones is 2. The van der Waals surface area contributed by atoms with Gasteiger partial charge in [-0.25, -0.2) is 19.6 Å². The van der Waals surface area contributed by atoms with Crippen molar-refractivity contribution in [3.05, 3.63) is 164 Å². The number of rotatable bonds is 15. The molecule has 6 fully saturated rings. The van der Waals surface area contributed by atoms with Gasteiger partial charge in [0.15, 0.2) is 28.2 Å². The summed E-state index contributed by atoms with van der Waals surface area (Å²) in [4.78, 5) is 63.0.